The summed E-state index contributed by atoms with van der Waals surface area (Å²) in [7, 11) is 0. The largest absolute Gasteiger partial charge is 0.316 e. The van der Waals surface area contributed by atoms with Crippen LogP contribution in [0.25, 0.3) is 0 Å². The standard InChI is InChI=1S/C18H25BrFN/c1-2-7-21-12-18(10-13-3-5-15(18)8-13)11-14-4-6-17(20)16(19)9-14/h4,6,9,13,15,21H,2-3,5,7-8,10-12H2,1H3. The van der Waals surface area contributed by atoms with E-state index in [-0.39, 0.29) is 5.82 Å². The first-order valence-electron chi connectivity index (χ1n) is 8.27. The number of hydrogen-bond acceptors (Lipinski definition) is 1. The molecule has 1 aromatic carbocycles. The van der Waals surface area contributed by atoms with Crippen molar-refractivity contribution in [3.63, 3.8) is 0 Å². The first kappa shape index (κ1) is 15.5. The van der Waals surface area contributed by atoms with Crippen LogP contribution in [0.2, 0.25) is 0 Å². The number of hydrogen-bond donors (Lipinski definition) is 1. The Kier molecular flexibility index (Phi) is 4.70. The molecule has 3 rings (SSSR count). The van der Waals surface area contributed by atoms with Crippen molar-refractivity contribution in [1.82, 2.24) is 5.32 Å². The lowest BCUT2D eigenvalue weighted by atomic mass is 9.69. The van der Waals surface area contributed by atoms with E-state index < -0.39 is 0 Å². The fourth-order valence-electron chi connectivity index (χ4n) is 4.62. The molecule has 3 heteroatoms. The lowest BCUT2D eigenvalue weighted by Gasteiger charge is -2.38. The number of nitrogens with one attached hydrogen (secondary N) is 1. The zero-order valence-electron chi connectivity index (χ0n) is 12.8. The van der Waals surface area contributed by atoms with Crippen LogP contribution in [0.3, 0.4) is 0 Å². The quantitative estimate of drug-likeness (QED) is 0.714. The molecule has 0 aliphatic heterocycles. The van der Waals surface area contributed by atoms with Gasteiger partial charge in [-0.05, 0) is 89.5 Å². The van der Waals surface area contributed by atoms with E-state index in [4.69, 9.17) is 0 Å². The van der Waals surface area contributed by atoms with Gasteiger partial charge >= 0.3 is 0 Å². The Morgan fingerprint density at radius 1 is 1.38 bits per heavy atom. The van der Waals surface area contributed by atoms with Gasteiger partial charge in [-0.3, -0.25) is 0 Å². The lowest BCUT2D eigenvalue weighted by Crippen LogP contribution is -2.40. The van der Waals surface area contributed by atoms with Crippen LogP contribution in [0.4, 0.5) is 4.39 Å². The minimum Gasteiger partial charge on any atom is -0.316 e. The average molecular weight is 354 g/mol. The van der Waals surface area contributed by atoms with Gasteiger partial charge in [-0.25, -0.2) is 4.39 Å². The van der Waals surface area contributed by atoms with Gasteiger partial charge in [-0.1, -0.05) is 19.4 Å². The van der Waals surface area contributed by atoms with Gasteiger partial charge in [0.1, 0.15) is 5.82 Å². The van der Waals surface area contributed by atoms with Crippen LogP contribution in [-0.4, -0.2) is 13.1 Å². The van der Waals surface area contributed by atoms with Gasteiger partial charge < -0.3 is 5.32 Å². The fourth-order valence-corrected chi connectivity index (χ4v) is 5.05. The SMILES string of the molecule is CCCNCC1(Cc2ccc(F)c(Br)c2)CC2CCC1C2. The second kappa shape index (κ2) is 6.37. The first-order chi connectivity index (χ1) is 10.1. The Morgan fingerprint density at radius 3 is 2.86 bits per heavy atom. The van der Waals surface area contributed by atoms with Crippen LogP contribution in [0.1, 0.15) is 44.6 Å². The van der Waals surface area contributed by atoms with E-state index in [1.54, 1.807) is 6.07 Å². The topological polar surface area (TPSA) is 12.0 Å². The molecular weight excluding hydrogens is 329 g/mol. The Labute approximate surface area is 135 Å². The van der Waals surface area contributed by atoms with Crippen molar-refractivity contribution in [2.45, 2.75) is 45.4 Å². The molecule has 2 aliphatic carbocycles. The molecule has 1 aromatic rings. The van der Waals surface area contributed by atoms with Gasteiger partial charge in [-0.15, -0.1) is 0 Å². The average Bonchev–Trinajstić information content (AvgIpc) is 3.04. The highest BCUT2D eigenvalue weighted by atomic mass is 79.9. The van der Waals surface area contributed by atoms with Crippen LogP contribution in [0, 0.1) is 23.1 Å². The molecule has 2 aliphatic rings. The highest BCUT2D eigenvalue weighted by Gasteiger charge is 2.50. The molecule has 2 fully saturated rings. The van der Waals surface area contributed by atoms with Crippen LogP contribution in [-0.2, 0) is 6.42 Å². The van der Waals surface area contributed by atoms with E-state index in [0.29, 0.717) is 9.89 Å². The van der Waals surface area contributed by atoms with Crippen molar-refractivity contribution >= 4 is 15.9 Å². The van der Waals surface area contributed by atoms with E-state index in [2.05, 4.69) is 28.2 Å². The van der Waals surface area contributed by atoms with E-state index in [0.717, 1.165) is 31.3 Å². The molecule has 116 valence electrons. The first-order valence-corrected chi connectivity index (χ1v) is 9.07. The molecule has 0 heterocycles. The summed E-state index contributed by atoms with van der Waals surface area (Å²) in [6, 6.07) is 5.54. The predicted molar refractivity (Wildman–Crippen MR) is 88.8 cm³/mol. The fraction of sp³-hybridized carbons (Fsp3) is 0.667. The second-order valence-electron chi connectivity index (χ2n) is 7.04. The third kappa shape index (κ3) is 3.19. The minimum absolute atomic E-state index is 0.162. The molecule has 0 saturated heterocycles. The van der Waals surface area contributed by atoms with Gasteiger partial charge in [0.05, 0.1) is 4.47 Å². The summed E-state index contributed by atoms with van der Waals surface area (Å²) in [5, 5.41) is 3.66. The maximum atomic E-state index is 13.4. The van der Waals surface area contributed by atoms with Gasteiger partial charge in [0.15, 0.2) is 0 Å². The van der Waals surface area contributed by atoms with Crippen molar-refractivity contribution in [1.29, 1.82) is 0 Å². The molecule has 0 radical (unpaired) electrons. The molecule has 0 aromatic heterocycles. The molecule has 21 heavy (non-hydrogen) atoms. The Balaban J connectivity index is 1.77. The normalized spacial score (nSPS) is 31.0. The Hall–Kier alpha value is -0.410. The predicted octanol–water partition coefficient (Wildman–Crippen LogP) is 4.94. The number of rotatable bonds is 6. The van der Waals surface area contributed by atoms with Crippen LogP contribution >= 0.6 is 15.9 Å². The van der Waals surface area contributed by atoms with E-state index in [9.17, 15) is 4.39 Å². The summed E-state index contributed by atoms with van der Waals surface area (Å²) in [6.07, 6.45) is 7.85. The Bertz CT molecular complexity index is 504. The lowest BCUT2D eigenvalue weighted by molar-refractivity contribution is 0.156. The summed E-state index contributed by atoms with van der Waals surface area (Å²) < 4.78 is 14.0. The van der Waals surface area contributed by atoms with E-state index in [1.165, 1.54) is 37.7 Å². The third-order valence-electron chi connectivity index (χ3n) is 5.55. The van der Waals surface area contributed by atoms with Crippen molar-refractivity contribution in [2.24, 2.45) is 17.3 Å². The van der Waals surface area contributed by atoms with Crippen LogP contribution in [0.15, 0.2) is 22.7 Å². The van der Waals surface area contributed by atoms with Gasteiger partial charge in [-0.2, -0.15) is 0 Å². The number of benzene rings is 1. The summed E-state index contributed by atoms with van der Waals surface area (Å²) in [4.78, 5) is 0. The maximum absolute atomic E-state index is 13.4. The molecule has 3 unspecified atom stereocenters. The number of halogens is 2. The molecule has 2 bridgehead atoms. The van der Waals surface area contributed by atoms with Crippen molar-refractivity contribution in [3.8, 4) is 0 Å². The molecule has 1 N–H and O–H groups in total. The summed E-state index contributed by atoms with van der Waals surface area (Å²) in [5.74, 6) is 1.63. The summed E-state index contributed by atoms with van der Waals surface area (Å²) in [6.45, 7) is 4.45. The zero-order valence-corrected chi connectivity index (χ0v) is 14.4. The van der Waals surface area contributed by atoms with Gasteiger partial charge in [0.25, 0.3) is 0 Å². The molecular formula is C18H25BrFN. The monoisotopic (exact) mass is 353 g/mol. The van der Waals surface area contributed by atoms with Crippen LogP contribution < -0.4 is 5.32 Å². The molecule has 0 spiro atoms. The molecule has 3 atom stereocenters. The molecule has 2 saturated carbocycles. The van der Waals surface area contributed by atoms with Crippen molar-refractivity contribution in [3.05, 3.63) is 34.1 Å². The zero-order chi connectivity index (χ0) is 14.9. The van der Waals surface area contributed by atoms with Crippen molar-refractivity contribution < 1.29 is 4.39 Å². The Morgan fingerprint density at radius 2 is 2.24 bits per heavy atom. The highest BCUT2D eigenvalue weighted by molar-refractivity contribution is 9.10. The molecule has 1 nitrogen and oxygen atoms in total. The minimum atomic E-state index is -0.162. The van der Waals surface area contributed by atoms with Crippen LogP contribution in [0.5, 0.6) is 0 Å². The van der Waals surface area contributed by atoms with E-state index >= 15 is 0 Å². The summed E-state index contributed by atoms with van der Waals surface area (Å²) in [5.41, 5.74) is 1.67. The molecule has 0 amide bonds. The second-order valence-corrected chi connectivity index (χ2v) is 7.90. The van der Waals surface area contributed by atoms with Gasteiger partial charge in [0.2, 0.25) is 0 Å². The number of fused-ring (bicyclic) bond motifs is 2. The summed E-state index contributed by atoms with van der Waals surface area (Å²) >= 11 is 3.33. The maximum Gasteiger partial charge on any atom is 0.137 e. The van der Waals surface area contributed by atoms with E-state index in [1.807, 2.05) is 12.1 Å². The van der Waals surface area contributed by atoms with Crippen molar-refractivity contribution in [2.75, 3.05) is 13.1 Å². The third-order valence-corrected chi connectivity index (χ3v) is 6.15. The highest BCUT2D eigenvalue weighted by Crippen LogP contribution is 2.57. The van der Waals surface area contributed by atoms with Gasteiger partial charge in [0, 0.05) is 6.54 Å². The smallest absolute Gasteiger partial charge is 0.137 e.